The molecule has 0 bridgehead atoms. The van der Waals surface area contributed by atoms with E-state index in [2.05, 4.69) is 29.2 Å². The first-order valence-electron chi connectivity index (χ1n) is 12.3. The van der Waals surface area contributed by atoms with Crippen molar-refractivity contribution in [1.82, 2.24) is 14.8 Å². The van der Waals surface area contributed by atoms with E-state index in [1.807, 2.05) is 46.3 Å². The van der Waals surface area contributed by atoms with Crippen molar-refractivity contribution in [3.8, 4) is 5.75 Å². The van der Waals surface area contributed by atoms with Crippen LogP contribution in [0.15, 0.2) is 60.8 Å². The summed E-state index contributed by atoms with van der Waals surface area (Å²) in [5, 5.41) is 1.16. The average Bonchev–Trinajstić information content (AvgIpc) is 3.29. The van der Waals surface area contributed by atoms with E-state index in [1.165, 1.54) is 5.56 Å². The number of aromatic nitrogens is 1. The third-order valence-corrected chi connectivity index (χ3v) is 6.91. The molecular weight excluding hydrogens is 426 g/mol. The summed E-state index contributed by atoms with van der Waals surface area (Å²) in [6.45, 7) is 3.38. The number of pyridine rings is 1. The summed E-state index contributed by atoms with van der Waals surface area (Å²) < 4.78 is 5.86. The molecule has 0 radical (unpaired) electrons. The maximum absolute atomic E-state index is 13.3. The lowest BCUT2D eigenvalue weighted by Gasteiger charge is -2.33. The first-order valence-corrected chi connectivity index (χ1v) is 12.3. The molecule has 0 saturated carbocycles. The van der Waals surface area contributed by atoms with Gasteiger partial charge >= 0.3 is 0 Å². The van der Waals surface area contributed by atoms with Crippen LogP contribution in [0.25, 0.3) is 10.9 Å². The number of rotatable bonds is 7. The summed E-state index contributed by atoms with van der Waals surface area (Å²) in [6.07, 6.45) is 6.46. The zero-order valence-electron chi connectivity index (χ0n) is 19.5. The molecule has 3 aromatic rings. The molecule has 2 fully saturated rings. The largest absolute Gasteiger partial charge is 0.492 e. The molecule has 2 amide bonds. The van der Waals surface area contributed by atoms with E-state index in [-0.39, 0.29) is 11.8 Å². The van der Waals surface area contributed by atoms with Crippen LogP contribution in [-0.4, -0.2) is 59.4 Å². The van der Waals surface area contributed by atoms with E-state index in [1.54, 1.807) is 0 Å². The molecule has 1 aromatic heterocycles. The minimum atomic E-state index is 0.0564. The van der Waals surface area contributed by atoms with Crippen molar-refractivity contribution < 1.29 is 14.3 Å². The van der Waals surface area contributed by atoms with Gasteiger partial charge in [0.1, 0.15) is 12.4 Å². The molecule has 2 aliphatic rings. The molecule has 0 unspecified atom stereocenters. The summed E-state index contributed by atoms with van der Waals surface area (Å²) in [7, 11) is 0. The second kappa shape index (κ2) is 10.2. The van der Waals surface area contributed by atoms with Crippen LogP contribution in [0.2, 0.25) is 0 Å². The van der Waals surface area contributed by atoms with E-state index >= 15 is 0 Å². The van der Waals surface area contributed by atoms with Gasteiger partial charge in [-0.1, -0.05) is 30.3 Å². The van der Waals surface area contributed by atoms with Gasteiger partial charge in [0.15, 0.2) is 0 Å². The molecule has 0 spiro atoms. The maximum atomic E-state index is 13.3. The molecule has 3 heterocycles. The van der Waals surface area contributed by atoms with E-state index in [0.717, 1.165) is 56.2 Å². The molecule has 6 nitrogen and oxygen atoms in total. The number of amides is 2. The number of piperidine rings is 1. The van der Waals surface area contributed by atoms with Crippen molar-refractivity contribution in [2.45, 2.75) is 32.1 Å². The van der Waals surface area contributed by atoms with Crippen LogP contribution < -0.4 is 4.74 Å². The van der Waals surface area contributed by atoms with E-state index in [4.69, 9.17) is 4.74 Å². The van der Waals surface area contributed by atoms with Crippen molar-refractivity contribution in [3.63, 3.8) is 0 Å². The smallest absolute Gasteiger partial charge is 0.253 e. The number of nitrogens with zero attached hydrogens (tertiary/aromatic N) is 3. The molecule has 2 aliphatic heterocycles. The lowest BCUT2D eigenvalue weighted by atomic mass is 9.90. The van der Waals surface area contributed by atoms with Gasteiger partial charge in [-0.05, 0) is 61.4 Å². The van der Waals surface area contributed by atoms with Crippen LogP contribution in [0, 0.1) is 5.92 Å². The third kappa shape index (κ3) is 5.06. The van der Waals surface area contributed by atoms with Gasteiger partial charge in [-0.2, -0.15) is 0 Å². The van der Waals surface area contributed by atoms with Crippen LogP contribution >= 0.6 is 0 Å². The SMILES string of the molecule is O=C1CCCN1CCOc1cccc(C(=O)N2CCC[C@@H](Cc3cccc4cccnc34)C2)c1. The fourth-order valence-corrected chi connectivity index (χ4v) is 5.17. The second-order valence-corrected chi connectivity index (χ2v) is 9.32. The highest BCUT2D eigenvalue weighted by Crippen LogP contribution is 2.26. The van der Waals surface area contributed by atoms with Gasteiger partial charge in [0.2, 0.25) is 5.91 Å². The van der Waals surface area contributed by atoms with Gasteiger partial charge in [0.05, 0.1) is 12.1 Å². The Labute approximate surface area is 200 Å². The van der Waals surface area contributed by atoms with Crippen LogP contribution in [0.5, 0.6) is 5.75 Å². The zero-order chi connectivity index (χ0) is 23.3. The number of fused-ring (bicyclic) bond motifs is 1. The summed E-state index contributed by atoms with van der Waals surface area (Å²) in [5.41, 5.74) is 2.97. The molecular formula is C28H31N3O3. The first kappa shape index (κ1) is 22.4. The average molecular weight is 458 g/mol. The molecule has 176 valence electrons. The normalized spacial score (nSPS) is 18.5. The molecule has 6 heteroatoms. The second-order valence-electron chi connectivity index (χ2n) is 9.32. The minimum absolute atomic E-state index is 0.0564. The molecule has 1 atom stereocenters. The molecule has 34 heavy (non-hydrogen) atoms. The number of hydrogen-bond donors (Lipinski definition) is 0. The van der Waals surface area contributed by atoms with Crippen molar-refractivity contribution in [2.24, 2.45) is 5.92 Å². The molecule has 0 aliphatic carbocycles. The Bertz CT molecular complexity index is 1170. The van der Waals surface area contributed by atoms with Crippen LogP contribution in [0.1, 0.15) is 41.6 Å². The highest BCUT2D eigenvalue weighted by atomic mass is 16.5. The molecule has 0 N–H and O–H groups in total. The van der Waals surface area contributed by atoms with E-state index < -0.39 is 0 Å². The van der Waals surface area contributed by atoms with Gasteiger partial charge in [-0.15, -0.1) is 0 Å². The Morgan fingerprint density at radius 2 is 1.94 bits per heavy atom. The molecule has 2 aromatic carbocycles. The van der Waals surface area contributed by atoms with Gasteiger partial charge in [-0.3, -0.25) is 14.6 Å². The predicted octanol–water partition coefficient (Wildman–Crippen LogP) is 4.33. The predicted molar refractivity (Wildman–Crippen MR) is 132 cm³/mol. The number of likely N-dealkylation sites (tertiary alicyclic amines) is 2. The number of hydrogen-bond acceptors (Lipinski definition) is 4. The van der Waals surface area contributed by atoms with Gasteiger partial charge in [-0.25, -0.2) is 0 Å². The summed E-state index contributed by atoms with van der Waals surface area (Å²) in [6, 6.07) is 17.8. The topological polar surface area (TPSA) is 62.7 Å². The highest BCUT2D eigenvalue weighted by Gasteiger charge is 2.25. The van der Waals surface area contributed by atoms with Crippen molar-refractivity contribution in [2.75, 3.05) is 32.8 Å². The number of carbonyl (C=O) groups is 2. The van der Waals surface area contributed by atoms with Crippen LogP contribution in [0.4, 0.5) is 0 Å². The van der Waals surface area contributed by atoms with Crippen molar-refractivity contribution in [1.29, 1.82) is 0 Å². The highest BCUT2D eigenvalue weighted by molar-refractivity contribution is 5.94. The number of ether oxygens (including phenoxy) is 1. The van der Waals surface area contributed by atoms with Gasteiger partial charge in [0.25, 0.3) is 5.91 Å². The Kier molecular flexibility index (Phi) is 6.74. The van der Waals surface area contributed by atoms with Crippen molar-refractivity contribution >= 4 is 22.7 Å². The Morgan fingerprint density at radius 1 is 1.06 bits per heavy atom. The van der Waals surface area contributed by atoms with E-state index in [9.17, 15) is 9.59 Å². The van der Waals surface area contributed by atoms with Crippen LogP contribution in [0.3, 0.4) is 0 Å². The molecule has 2 saturated heterocycles. The number of para-hydroxylation sites is 1. The summed E-state index contributed by atoms with van der Waals surface area (Å²) in [5.74, 6) is 1.35. The van der Waals surface area contributed by atoms with E-state index in [0.29, 0.717) is 36.8 Å². The van der Waals surface area contributed by atoms with Crippen LogP contribution in [-0.2, 0) is 11.2 Å². The summed E-state index contributed by atoms with van der Waals surface area (Å²) >= 11 is 0. The molecule has 5 rings (SSSR count). The number of benzene rings is 2. The lowest BCUT2D eigenvalue weighted by molar-refractivity contribution is -0.128. The third-order valence-electron chi connectivity index (χ3n) is 6.91. The zero-order valence-corrected chi connectivity index (χ0v) is 19.5. The number of carbonyl (C=O) groups excluding carboxylic acids is 2. The quantitative estimate of drug-likeness (QED) is 0.530. The first-order chi connectivity index (χ1) is 16.7. The van der Waals surface area contributed by atoms with Gasteiger partial charge in [0, 0.05) is 43.2 Å². The Balaban J connectivity index is 1.20. The summed E-state index contributed by atoms with van der Waals surface area (Å²) in [4.78, 5) is 33.5. The van der Waals surface area contributed by atoms with Gasteiger partial charge < -0.3 is 14.5 Å². The maximum Gasteiger partial charge on any atom is 0.253 e. The standard InChI is InChI=1S/C28H31N3O3/c32-26-12-5-14-30(26)16-17-34-25-11-2-9-24(19-25)28(33)31-15-4-6-21(20-31)18-23-8-1-7-22-10-3-13-29-27(22)23/h1-3,7-11,13,19,21H,4-6,12,14-18,20H2/t21-/m0/s1. The Hall–Kier alpha value is -3.41. The fourth-order valence-electron chi connectivity index (χ4n) is 5.17. The van der Waals surface area contributed by atoms with Crippen molar-refractivity contribution in [3.05, 3.63) is 71.9 Å². The minimum Gasteiger partial charge on any atom is -0.492 e. The monoisotopic (exact) mass is 457 g/mol. The lowest BCUT2D eigenvalue weighted by Crippen LogP contribution is -2.40. The fraction of sp³-hybridized carbons (Fsp3) is 0.393. The Morgan fingerprint density at radius 3 is 2.82 bits per heavy atom.